The molecule has 88 valence electrons. The molecular weight excluding hydrogens is 232 g/mol. The molecule has 0 amide bonds. The van der Waals surface area contributed by atoms with Crippen molar-refractivity contribution in [2.75, 3.05) is 0 Å². The van der Waals surface area contributed by atoms with Crippen LogP contribution >= 0.6 is 11.5 Å². The summed E-state index contributed by atoms with van der Waals surface area (Å²) in [6.45, 7) is 4.05. The first-order chi connectivity index (χ1) is 8.18. The van der Waals surface area contributed by atoms with E-state index in [1.165, 1.54) is 11.5 Å². The minimum absolute atomic E-state index is 0.106. The summed E-state index contributed by atoms with van der Waals surface area (Å²) in [5.41, 5.74) is 1.84. The highest BCUT2D eigenvalue weighted by Crippen LogP contribution is 2.21. The number of hydrogen-bond donors (Lipinski definition) is 0. The maximum Gasteiger partial charge on any atom is 0.180 e. The normalized spacial score (nSPS) is 10.8. The van der Waals surface area contributed by atoms with Gasteiger partial charge in [0, 0.05) is 6.42 Å². The predicted octanol–water partition coefficient (Wildman–Crippen LogP) is 3.09. The summed E-state index contributed by atoms with van der Waals surface area (Å²) in [6.07, 6.45) is 0.421. The molecule has 0 saturated carbocycles. The van der Waals surface area contributed by atoms with Crippen molar-refractivity contribution in [3.8, 4) is 0 Å². The Kier molecular flexibility index (Phi) is 3.64. The summed E-state index contributed by atoms with van der Waals surface area (Å²) in [7, 11) is 0. The predicted molar refractivity (Wildman–Crippen MR) is 68.5 cm³/mol. The van der Waals surface area contributed by atoms with E-state index in [0.717, 1.165) is 11.3 Å². The van der Waals surface area contributed by atoms with Crippen molar-refractivity contribution >= 4 is 17.3 Å². The van der Waals surface area contributed by atoms with E-state index in [2.05, 4.69) is 9.59 Å². The lowest BCUT2D eigenvalue weighted by Crippen LogP contribution is -2.05. The number of hydrogen-bond acceptors (Lipinski definition) is 4. The van der Waals surface area contributed by atoms with Gasteiger partial charge in [0.25, 0.3) is 0 Å². The molecular formula is C13H14N2OS. The second-order valence-corrected chi connectivity index (χ2v) is 4.98. The smallest absolute Gasteiger partial charge is 0.180 e. The first-order valence-corrected chi connectivity index (χ1v) is 6.35. The standard InChI is InChI=1S/C13H14N2OS/c1-9(2)12-13(17-15-14-12)11(16)8-10-6-4-3-5-7-10/h3-7,9H,8H2,1-2H3. The number of rotatable bonds is 4. The van der Waals surface area contributed by atoms with Gasteiger partial charge in [-0.15, -0.1) is 5.10 Å². The van der Waals surface area contributed by atoms with Crippen LogP contribution in [-0.2, 0) is 6.42 Å². The van der Waals surface area contributed by atoms with Crippen LogP contribution in [0.1, 0.15) is 40.7 Å². The molecule has 1 heterocycles. The summed E-state index contributed by atoms with van der Waals surface area (Å²) >= 11 is 1.19. The topological polar surface area (TPSA) is 42.9 Å². The largest absolute Gasteiger partial charge is 0.293 e. The van der Waals surface area contributed by atoms with Crippen LogP contribution in [0.15, 0.2) is 30.3 Å². The van der Waals surface area contributed by atoms with E-state index in [0.29, 0.717) is 11.3 Å². The molecule has 1 aromatic carbocycles. The minimum Gasteiger partial charge on any atom is -0.293 e. The Bertz CT molecular complexity index is 505. The Morgan fingerprint density at radius 1 is 1.29 bits per heavy atom. The number of benzene rings is 1. The van der Waals surface area contributed by atoms with Crippen LogP contribution in [-0.4, -0.2) is 15.4 Å². The Morgan fingerprint density at radius 3 is 2.65 bits per heavy atom. The van der Waals surface area contributed by atoms with Gasteiger partial charge in [0.05, 0.1) is 5.69 Å². The molecule has 0 bridgehead atoms. The zero-order valence-corrected chi connectivity index (χ0v) is 10.7. The van der Waals surface area contributed by atoms with Gasteiger partial charge in [-0.3, -0.25) is 4.79 Å². The fourth-order valence-electron chi connectivity index (χ4n) is 1.63. The molecule has 2 aromatic rings. The summed E-state index contributed by atoms with van der Waals surface area (Å²) in [5.74, 6) is 0.346. The van der Waals surface area contributed by atoms with Crippen molar-refractivity contribution in [2.45, 2.75) is 26.2 Å². The Balaban J connectivity index is 2.18. The zero-order valence-electron chi connectivity index (χ0n) is 9.88. The molecule has 0 N–H and O–H groups in total. The molecule has 0 spiro atoms. The molecule has 0 saturated heterocycles. The Labute approximate surface area is 105 Å². The summed E-state index contributed by atoms with van der Waals surface area (Å²) in [6, 6.07) is 9.75. The van der Waals surface area contributed by atoms with Gasteiger partial charge >= 0.3 is 0 Å². The fraction of sp³-hybridized carbons (Fsp3) is 0.308. The summed E-state index contributed by atoms with van der Waals surface area (Å²) < 4.78 is 3.88. The highest BCUT2D eigenvalue weighted by atomic mass is 32.1. The number of carbonyl (C=O) groups excluding carboxylic acids is 1. The molecule has 0 aliphatic rings. The molecule has 0 aliphatic heterocycles. The molecule has 0 atom stereocenters. The molecule has 0 fully saturated rings. The third kappa shape index (κ3) is 2.77. The highest BCUT2D eigenvalue weighted by Gasteiger charge is 2.18. The molecule has 3 nitrogen and oxygen atoms in total. The van der Waals surface area contributed by atoms with E-state index in [-0.39, 0.29) is 11.7 Å². The van der Waals surface area contributed by atoms with E-state index in [4.69, 9.17) is 0 Å². The second-order valence-electron chi connectivity index (χ2n) is 4.23. The lowest BCUT2D eigenvalue weighted by molar-refractivity contribution is 0.0995. The fourth-order valence-corrected chi connectivity index (χ4v) is 2.38. The Morgan fingerprint density at radius 2 is 2.00 bits per heavy atom. The lowest BCUT2D eigenvalue weighted by atomic mass is 10.0. The van der Waals surface area contributed by atoms with E-state index in [9.17, 15) is 4.79 Å². The van der Waals surface area contributed by atoms with Crippen LogP contribution in [0.2, 0.25) is 0 Å². The van der Waals surface area contributed by atoms with Gasteiger partial charge in [-0.1, -0.05) is 48.7 Å². The van der Waals surface area contributed by atoms with Gasteiger partial charge in [0.15, 0.2) is 5.78 Å². The molecule has 4 heteroatoms. The number of Topliss-reactive ketones (excluding diaryl/α,β-unsaturated/α-hetero) is 1. The zero-order chi connectivity index (χ0) is 12.3. The van der Waals surface area contributed by atoms with E-state index >= 15 is 0 Å². The van der Waals surface area contributed by atoms with E-state index in [1.807, 2.05) is 44.2 Å². The van der Waals surface area contributed by atoms with Crippen molar-refractivity contribution in [3.63, 3.8) is 0 Å². The van der Waals surface area contributed by atoms with Gasteiger partial charge in [-0.25, -0.2) is 0 Å². The second kappa shape index (κ2) is 5.19. The highest BCUT2D eigenvalue weighted by molar-refractivity contribution is 7.08. The molecule has 0 unspecified atom stereocenters. The van der Waals surface area contributed by atoms with Crippen LogP contribution in [0.25, 0.3) is 0 Å². The molecule has 0 aliphatic carbocycles. The van der Waals surface area contributed by atoms with Crippen LogP contribution in [0, 0.1) is 0 Å². The SMILES string of the molecule is CC(C)c1nnsc1C(=O)Cc1ccccc1. The lowest BCUT2D eigenvalue weighted by Gasteiger charge is -2.03. The average Bonchev–Trinajstić information content (AvgIpc) is 2.79. The number of carbonyl (C=O) groups is 1. The number of ketones is 1. The summed E-state index contributed by atoms with van der Waals surface area (Å²) in [4.78, 5) is 12.8. The van der Waals surface area contributed by atoms with Gasteiger partial charge in [0.2, 0.25) is 0 Å². The van der Waals surface area contributed by atoms with E-state index in [1.54, 1.807) is 0 Å². The van der Waals surface area contributed by atoms with Gasteiger partial charge in [-0.05, 0) is 23.0 Å². The molecule has 1 aromatic heterocycles. The van der Waals surface area contributed by atoms with Crippen molar-refractivity contribution < 1.29 is 4.79 Å². The monoisotopic (exact) mass is 246 g/mol. The molecule has 17 heavy (non-hydrogen) atoms. The summed E-state index contributed by atoms with van der Waals surface area (Å²) in [5, 5.41) is 4.03. The number of aromatic nitrogens is 2. The van der Waals surface area contributed by atoms with Gasteiger partial charge in [0.1, 0.15) is 4.88 Å². The van der Waals surface area contributed by atoms with Gasteiger partial charge in [-0.2, -0.15) is 0 Å². The number of nitrogens with zero attached hydrogens (tertiary/aromatic N) is 2. The maximum atomic E-state index is 12.1. The van der Waals surface area contributed by atoms with Crippen molar-refractivity contribution in [1.29, 1.82) is 0 Å². The van der Waals surface area contributed by atoms with Crippen LogP contribution in [0.5, 0.6) is 0 Å². The first-order valence-electron chi connectivity index (χ1n) is 5.58. The maximum absolute atomic E-state index is 12.1. The van der Waals surface area contributed by atoms with Crippen LogP contribution in [0.3, 0.4) is 0 Å². The first kappa shape index (κ1) is 11.9. The van der Waals surface area contributed by atoms with Crippen molar-refractivity contribution in [3.05, 3.63) is 46.5 Å². The minimum atomic E-state index is 0.106. The van der Waals surface area contributed by atoms with E-state index < -0.39 is 0 Å². The average molecular weight is 246 g/mol. The molecule has 0 radical (unpaired) electrons. The molecule has 2 rings (SSSR count). The van der Waals surface area contributed by atoms with Crippen molar-refractivity contribution in [2.24, 2.45) is 0 Å². The third-order valence-electron chi connectivity index (χ3n) is 2.52. The van der Waals surface area contributed by atoms with Crippen molar-refractivity contribution in [1.82, 2.24) is 9.59 Å². The Hall–Kier alpha value is -1.55. The van der Waals surface area contributed by atoms with Gasteiger partial charge < -0.3 is 0 Å². The van der Waals surface area contributed by atoms with Crippen LogP contribution < -0.4 is 0 Å². The van der Waals surface area contributed by atoms with Crippen LogP contribution in [0.4, 0.5) is 0 Å². The quantitative estimate of drug-likeness (QED) is 0.778. The third-order valence-corrected chi connectivity index (χ3v) is 3.30.